The molecule has 0 spiro atoms. The average Bonchev–Trinajstić information content (AvgIpc) is 2.54. The first-order valence-electron chi connectivity index (χ1n) is 6.34. The van der Waals surface area contributed by atoms with Gasteiger partial charge in [0.1, 0.15) is 11.5 Å². The standard InChI is InChI=1S/C16H17BrO2S2/c1-18-12-7-13(19-2)9-15(8-12)21-16-5-4-14(20-3)6-11(16)10-17/h4-9H,10H2,1-3H3. The maximum atomic E-state index is 5.32. The van der Waals surface area contributed by atoms with Crippen LogP contribution in [0.15, 0.2) is 51.1 Å². The van der Waals surface area contributed by atoms with E-state index in [0.717, 1.165) is 21.7 Å². The number of alkyl halides is 1. The van der Waals surface area contributed by atoms with Crippen LogP contribution in [0.1, 0.15) is 5.56 Å². The summed E-state index contributed by atoms with van der Waals surface area (Å²) < 4.78 is 10.6. The van der Waals surface area contributed by atoms with Gasteiger partial charge in [0.25, 0.3) is 0 Å². The molecule has 21 heavy (non-hydrogen) atoms. The smallest absolute Gasteiger partial charge is 0.123 e. The molecule has 2 nitrogen and oxygen atoms in total. The third-order valence-corrected chi connectivity index (χ3v) is 5.38. The molecule has 0 saturated carbocycles. The molecule has 0 unspecified atom stereocenters. The number of halogens is 1. The molecule has 0 aliphatic carbocycles. The lowest BCUT2D eigenvalue weighted by Crippen LogP contribution is -1.89. The van der Waals surface area contributed by atoms with E-state index in [-0.39, 0.29) is 0 Å². The predicted octanol–water partition coefficient (Wildman–Crippen LogP) is 5.47. The van der Waals surface area contributed by atoms with Crippen LogP contribution in [-0.2, 0) is 5.33 Å². The monoisotopic (exact) mass is 384 g/mol. The minimum absolute atomic E-state index is 0.804. The Balaban J connectivity index is 2.33. The molecular formula is C16H17BrO2S2. The third kappa shape index (κ3) is 4.34. The maximum Gasteiger partial charge on any atom is 0.123 e. The Hall–Kier alpha value is -0.780. The number of thioether (sulfide) groups is 1. The van der Waals surface area contributed by atoms with Crippen LogP contribution in [0.25, 0.3) is 0 Å². The van der Waals surface area contributed by atoms with E-state index in [1.54, 1.807) is 37.7 Å². The molecule has 0 N–H and O–H groups in total. The van der Waals surface area contributed by atoms with Crippen molar-refractivity contribution in [2.75, 3.05) is 20.5 Å². The van der Waals surface area contributed by atoms with Gasteiger partial charge in [0.2, 0.25) is 0 Å². The Morgan fingerprint density at radius 2 is 1.62 bits per heavy atom. The lowest BCUT2D eigenvalue weighted by Gasteiger charge is -2.11. The highest BCUT2D eigenvalue weighted by molar-refractivity contribution is 9.08. The van der Waals surface area contributed by atoms with Gasteiger partial charge >= 0.3 is 0 Å². The highest BCUT2D eigenvalue weighted by atomic mass is 79.9. The maximum absolute atomic E-state index is 5.32. The minimum atomic E-state index is 0.804. The summed E-state index contributed by atoms with van der Waals surface area (Å²) in [6, 6.07) is 12.5. The van der Waals surface area contributed by atoms with Gasteiger partial charge in [-0.1, -0.05) is 27.7 Å². The first-order chi connectivity index (χ1) is 10.2. The Morgan fingerprint density at radius 3 is 2.14 bits per heavy atom. The summed E-state index contributed by atoms with van der Waals surface area (Å²) in [7, 11) is 3.33. The second kappa shape index (κ2) is 8.01. The molecule has 0 fully saturated rings. The second-order valence-electron chi connectivity index (χ2n) is 4.26. The van der Waals surface area contributed by atoms with Crippen molar-refractivity contribution in [2.24, 2.45) is 0 Å². The van der Waals surface area contributed by atoms with Crippen molar-refractivity contribution in [1.82, 2.24) is 0 Å². The lowest BCUT2D eigenvalue weighted by molar-refractivity contribution is 0.392. The first-order valence-corrected chi connectivity index (χ1v) is 9.50. The average molecular weight is 385 g/mol. The van der Waals surface area contributed by atoms with Gasteiger partial charge in [-0.15, -0.1) is 11.8 Å². The van der Waals surface area contributed by atoms with Crippen molar-refractivity contribution in [3.05, 3.63) is 42.0 Å². The first kappa shape index (κ1) is 16.6. The summed E-state index contributed by atoms with van der Waals surface area (Å²) in [5.41, 5.74) is 1.29. The van der Waals surface area contributed by atoms with Crippen LogP contribution < -0.4 is 9.47 Å². The molecule has 0 atom stereocenters. The summed E-state index contributed by atoms with van der Waals surface area (Å²) in [5.74, 6) is 1.61. The predicted molar refractivity (Wildman–Crippen MR) is 94.5 cm³/mol. The van der Waals surface area contributed by atoms with E-state index < -0.39 is 0 Å². The molecule has 0 aliphatic heterocycles. The van der Waals surface area contributed by atoms with Gasteiger partial charge in [-0.3, -0.25) is 0 Å². The van der Waals surface area contributed by atoms with Crippen LogP contribution in [0.3, 0.4) is 0 Å². The van der Waals surface area contributed by atoms with E-state index >= 15 is 0 Å². The Bertz CT molecular complexity index is 595. The van der Waals surface area contributed by atoms with E-state index in [4.69, 9.17) is 9.47 Å². The van der Waals surface area contributed by atoms with Crippen molar-refractivity contribution >= 4 is 39.5 Å². The molecule has 2 aromatic rings. The summed E-state index contributed by atoms with van der Waals surface area (Å²) >= 11 is 7.04. The Kier molecular flexibility index (Phi) is 6.33. The molecule has 5 heteroatoms. The number of benzene rings is 2. The van der Waals surface area contributed by atoms with Crippen LogP contribution in [0.5, 0.6) is 11.5 Å². The van der Waals surface area contributed by atoms with Crippen LogP contribution in [-0.4, -0.2) is 20.5 Å². The number of hydrogen-bond donors (Lipinski definition) is 0. The molecule has 0 aromatic heterocycles. The molecule has 0 heterocycles. The lowest BCUT2D eigenvalue weighted by atomic mass is 10.2. The number of ether oxygens (including phenoxy) is 2. The fraction of sp³-hybridized carbons (Fsp3) is 0.250. The van der Waals surface area contributed by atoms with Crippen molar-refractivity contribution in [1.29, 1.82) is 0 Å². The fourth-order valence-corrected chi connectivity index (χ4v) is 3.97. The number of methoxy groups -OCH3 is 2. The van der Waals surface area contributed by atoms with Crippen molar-refractivity contribution in [2.45, 2.75) is 20.0 Å². The fourth-order valence-electron chi connectivity index (χ4n) is 1.85. The minimum Gasteiger partial charge on any atom is -0.497 e. The molecular weight excluding hydrogens is 368 g/mol. The summed E-state index contributed by atoms with van der Waals surface area (Å²) in [6.45, 7) is 0. The zero-order valence-corrected chi connectivity index (χ0v) is 15.4. The van der Waals surface area contributed by atoms with E-state index in [1.807, 2.05) is 18.2 Å². The van der Waals surface area contributed by atoms with Crippen LogP contribution in [0.4, 0.5) is 0 Å². The van der Waals surface area contributed by atoms with Crippen molar-refractivity contribution in [3.8, 4) is 11.5 Å². The third-order valence-electron chi connectivity index (χ3n) is 2.96. The van der Waals surface area contributed by atoms with Crippen LogP contribution in [0.2, 0.25) is 0 Å². The molecule has 0 bridgehead atoms. The van der Waals surface area contributed by atoms with E-state index in [9.17, 15) is 0 Å². The zero-order chi connectivity index (χ0) is 15.2. The molecule has 2 aromatic carbocycles. The van der Waals surface area contributed by atoms with Crippen molar-refractivity contribution < 1.29 is 9.47 Å². The van der Waals surface area contributed by atoms with Gasteiger partial charge in [-0.2, -0.15) is 0 Å². The van der Waals surface area contributed by atoms with Crippen LogP contribution in [0, 0.1) is 0 Å². The number of rotatable bonds is 6. The Labute approximate surface area is 142 Å². The van der Waals surface area contributed by atoms with Gasteiger partial charge in [0.05, 0.1) is 14.2 Å². The largest absolute Gasteiger partial charge is 0.497 e. The summed E-state index contributed by atoms with van der Waals surface area (Å²) in [5, 5.41) is 0.838. The number of hydrogen-bond acceptors (Lipinski definition) is 4. The molecule has 0 radical (unpaired) electrons. The highest BCUT2D eigenvalue weighted by Gasteiger charge is 2.08. The normalized spacial score (nSPS) is 10.5. The van der Waals surface area contributed by atoms with Crippen LogP contribution >= 0.6 is 39.5 Å². The van der Waals surface area contributed by atoms with Gasteiger partial charge in [0.15, 0.2) is 0 Å². The van der Waals surface area contributed by atoms with Gasteiger partial charge in [-0.25, -0.2) is 0 Å². The van der Waals surface area contributed by atoms with E-state index in [2.05, 4.69) is 40.4 Å². The molecule has 2 rings (SSSR count). The summed E-state index contributed by atoms with van der Waals surface area (Å²) in [6.07, 6.45) is 2.09. The molecule has 0 saturated heterocycles. The molecule has 112 valence electrons. The van der Waals surface area contributed by atoms with Gasteiger partial charge < -0.3 is 9.47 Å². The van der Waals surface area contributed by atoms with E-state index in [1.165, 1.54) is 15.4 Å². The van der Waals surface area contributed by atoms with Gasteiger partial charge in [-0.05, 0) is 42.2 Å². The SMILES string of the molecule is COc1cc(OC)cc(Sc2ccc(SC)cc2CBr)c1. The molecule has 0 aliphatic rings. The van der Waals surface area contributed by atoms with Gasteiger partial charge in [0, 0.05) is 26.1 Å². The second-order valence-corrected chi connectivity index (χ2v) is 6.81. The Morgan fingerprint density at radius 1 is 0.952 bits per heavy atom. The quantitative estimate of drug-likeness (QED) is 0.485. The highest BCUT2D eigenvalue weighted by Crippen LogP contribution is 2.37. The zero-order valence-electron chi connectivity index (χ0n) is 12.2. The summed E-state index contributed by atoms with van der Waals surface area (Å²) in [4.78, 5) is 3.61. The van der Waals surface area contributed by atoms with E-state index in [0.29, 0.717) is 0 Å². The topological polar surface area (TPSA) is 18.5 Å². The van der Waals surface area contributed by atoms with Crippen molar-refractivity contribution in [3.63, 3.8) is 0 Å². The molecule has 0 amide bonds.